The molecule has 1 unspecified atom stereocenters. The summed E-state index contributed by atoms with van der Waals surface area (Å²) < 4.78 is 44.0. The normalized spacial score (nSPS) is 15.8. The zero-order chi connectivity index (χ0) is 49.1. The lowest BCUT2D eigenvalue weighted by Gasteiger charge is -2.35. The minimum absolute atomic E-state index is 0.0827. The summed E-state index contributed by atoms with van der Waals surface area (Å²) in [7, 11) is -2.92. The van der Waals surface area contributed by atoms with Crippen molar-refractivity contribution < 1.29 is 27.7 Å². The molecule has 2 fully saturated rings. The number of amides is 2. The summed E-state index contributed by atoms with van der Waals surface area (Å²) in [5.74, 6) is -0.819. The highest BCUT2D eigenvalue weighted by atomic mass is 79.9. The topological polar surface area (TPSA) is 220 Å². The van der Waals surface area contributed by atoms with E-state index in [4.69, 9.17) is 14.1 Å². The second-order valence-electron chi connectivity index (χ2n) is 17.7. The van der Waals surface area contributed by atoms with Crippen LogP contribution in [-0.4, -0.2) is 94.8 Å². The summed E-state index contributed by atoms with van der Waals surface area (Å²) in [6, 6.07) is 8.29. The number of nitrogens with zero attached hydrogens (tertiary/aromatic N) is 6. The minimum atomic E-state index is -2.92. The van der Waals surface area contributed by atoms with Crippen LogP contribution < -0.4 is 52.8 Å². The Hall–Kier alpha value is -5.95. The molecule has 0 bridgehead atoms. The van der Waals surface area contributed by atoms with E-state index in [0.717, 1.165) is 60.4 Å². The SMILES string of the molecule is CCOc1cc(N2CCC(NCCNCCc3c(F)cc4c(oc(=O)n4C4CCC(=O)NC4=O)c3C)CC2)c(CC)cc1Nc1ncc(Br)c(Nc2ccc3c(=O)n(CC)ncc3c2P(C)(C)=O)n1. The molecule has 0 spiro atoms. The van der Waals surface area contributed by atoms with Crippen molar-refractivity contribution in [2.75, 3.05) is 68.2 Å². The number of fused-ring (bicyclic) bond motifs is 2. The van der Waals surface area contributed by atoms with E-state index >= 15 is 4.39 Å². The predicted octanol–water partition coefficient (Wildman–Crippen LogP) is 6.39. The van der Waals surface area contributed by atoms with Crippen LogP contribution in [0.15, 0.2) is 61.2 Å². The first-order valence-corrected chi connectivity index (χ1v) is 26.8. The molecule has 69 heavy (non-hydrogen) atoms. The maximum absolute atomic E-state index is 15.5. The van der Waals surface area contributed by atoms with Gasteiger partial charge in [0.15, 0.2) is 5.58 Å². The Morgan fingerprint density at radius 3 is 2.46 bits per heavy atom. The fourth-order valence-electron chi connectivity index (χ4n) is 9.36. The highest BCUT2D eigenvalue weighted by Crippen LogP contribution is 2.42. The largest absolute Gasteiger partial charge is 0.492 e. The number of ether oxygens (including phenoxy) is 1. The second kappa shape index (κ2) is 21.0. The van der Waals surface area contributed by atoms with E-state index in [-0.39, 0.29) is 29.5 Å². The molecule has 2 saturated heterocycles. The number of hydrogen-bond acceptors (Lipinski definition) is 15. The number of piperidine rings is 2. The van der Waals surface area contributed by atoms with Gasteiger partial charge in [0.05, 0.1) is 39.6 Å². The highest BCUT2D eigenvalue weighted by Gasteiger charge is 2.32. The van der Waals surface area contributed by atoms with Gasteiger partial charge >= 0.3 is 5.76 Å². The predicted molar refractivity (Wildman–Crippen MR) is 270 cm³/mol. The lowest BCUT2D eigenvalue weighted by Crippen LogP contribution is -2.44. The maximum atomic E-state index is 15.5. The van der Waals surface area contributed by atoms with Crippen molar-refractivity contribution in [2.45, 2.75) is 84.8 Å². The molecule has 1 atom stereocenters. The average molecular weight is 1030 g/mol. The van der Waals surface area contributed by atoms with Gasteiger partial charge in [0.2, 0.25) is 17.8 Å². The molecule has 2 aliphatic rings. The second-order valence-corrected chi connectivity index (χ2v) is 21.7. The molecule has 8 rings (SSSR count). The number of carbonyl (C=O) groups excluding carboxylic acids is 2. The van der Waals surface area contributed by atoms with Crippen LogP contribution in [0.2, 0.25) is 0 Å². The van der Waals surface area contributed by atoms with Gasteiger partial charge in [-0.25, -0.2) is 18.9 Å². The van der Waals surface area contributed by atoms with Crippen LogP contribution in [0.3, 0.4) is 0 Å². The molecule has 2 aliphatic heterocycles. The number of carbonyl (C=O) groups is 2. The number of anilines is 5. The first-order chi connectivity index (χ1) is 33.1. The Balaban J connectivity index is 0.870. The number of imide groups is 1. The molecule has 0 radical (unpaired) electrons. The maximum Gasteiger partial charge on any atom is 0.420 e. The molecule has 3 aromatic heterocycles. The van der Waals surface area contributed by atoms with E-state index in [2.05, 4.69) is 76.6 Å². The van der Waals surface area contributed by atoms with E-state index in [1.807, 2.05) is 13.8 Å². The van der Waals surface area contributed by atoms with E-state index in [1.165, 1.54) is 10.7 Å². The van der Waals surface area contributed by atoms with Gasteiger partial charge in [-0.15, -0.1) is 0 Å². The van der Waals surface area contributed by atoms with Gasteiger partial charge < -0.3 is 39.9 Å². The van der Waals surface area contributed by atoms with Gasteiger partial charge in [-0.2, -0.15) is 10.1 Å². The highest BCUT2D eigenvalue weighted by molar-refractivity contribution is 9.10. The van der Waals surface area contributed by atoms with Gasteiger partial charge in [-0.1, -0.05) is 6.92 Å². The van der Waals surface area contributed by atoms with Crippen molar-refractivity contribution >= 4 is 90.9 Å². The molecular weight excluding hydrogens is 972 g/mol. The van der Waals surface area contributed by atoms with Crippen molar-refractivity contribution in [3.63, 3.8) is 0 Å². The van der Waals surface area contributed by atoms with Crippen LogP contribution in [0.1, 0.15) is 69.2 Å². The molecule has 5 N–H and O–H groups in total. The number of nitrogens with one attached hydrogen (secondary N) is 5. The monoisotopic (exact) mass is 1030 g/mol. The number of benzene rings is 3. The lowest BCUT2D eigenvalue weighted by atomic mass is 10.0. The fourth-order valence-corrected chi connectivity index (χ4v) is 11.1. The molecule has 5 heterocycles. The zero-order valence-electron chi connectivity index (χ0n) is 39.6. The zero-order valence-corrected chi connectivity index (χ0v) is 42.1. The van der Waals surface area contributed by atoms with Crippen LogP contribution in [0.25, 0.3) is 21.9 Å². The minimum Gasteiger partial charge on any atom is -0.492 e. The summed E-state index contributed by atoms with van der Waals surface area (Å²) in [4.78, 5) is 61.8. The van der Waals surface area contributed by atoms with Gasteiger partial charge in [0.1, 0.15) is 30.6 Å². The standard InChI is InChI=1S/C48H58BrFN11O7P/c1-7-28-22-36(56-47-53-26-33(49)44(58-47)55-35-11-10-31-32(43(35)69(5,6)66)25-54-60(8-2)46(31)64)40(67-9-3)24-38(28)59-20-15-29(16-21-59)52-19-18-51-17-14-30-27(4)42-39(23-34(30)50)61(48(65)68-42)37-12-13-41(62)57-45(37)63/h10-11,22-26,29,37,51-52H,7-9,12-21H2,1-6H3,(H,57,62,63)(H2,53,55,56,58). The molecule has 0 saturated carbocycles. The lowest BCUT2D eigenvalue weighted by molar-refractivity contribution is -0.135. The Kier molecular flexibility index (Phi) is 15.0. The number of aryl methyl sites for hydroxylation is 3. The van der Waals surface area contributed by atoms with E-state index in [9.17, 15) is 23.7 Å². The van der Waals surface area contributed by atoms with Crippen LogP contribution in [0, 0.1) is 12.7 Å². The van der Waals surface area contributed by atoms with Crippen LogP contribution in [-0.2, 0) is 33.5 Å². The molecule has 21 heteroatoms. The molecule has 366 valence electrons. The van der Waals surface area contributed by atoms with Gasteiger partial charge in [0, 0.05) is 85.5 Å². The Morgan fingerprint density at radius 2 is 1.75 bits per heavy atom. The van der Waals surface area contributed by atoms with Crippen molar-refractivity contribution in [1.29, 1.82) is 0 Å². The van der Waals surface area contributed by atoms with Gasteiger partial charge in [-0.3, -0.25) is 24.3 Å². The number of hydrogen-bond donors (Lipinski definition) is 5. The molecule has 6 aromatic rings. The smallest absolute Gasteiger partial charge is 0.420 e. The molecule has 2 amide bonds. The van der Waals surface area contributed by atoms with E-state index in [1.54, 1.807) is 44.8 Å². The van der Waals surface area contributed by atoms with E-state index < -0.39 is 36.6 Å². The van der Waals surface area contributed by atoms with Crippen LogP contribution in [0.4, 0.5) is 33.2 Å². The van der Waals surface area contributed by atoms with E-state index in [0.29, 0.717) is 93.6 Å². The Labute approximate surface area is 406 Å². The number of aromatic nitrogens is 5. The third-order valence-corrected chi connectivity index (χ3v) is 15.0. The van der Waals surface area contributed by atoms with Gasteiger partial charge in [0.25, 0.3) is 5.56 Å². The third kappa shape index (κ3) is 10.5. The quantitative estimate of drug-likeness (QED) is 0.0358. The Morgan fingerprint density at radius 1 is 0.971 bits per heavy atom. The molecule has 3 aromatic carbocycles. The average Bonchev–Trinajstić information content (AvgIpc) is 3.64. The third-order valence-electron chi connectivity index (χ3n) is 12.8. The summed E-state index contributed by atoms with van der Waals surface area (Å²) in [5.41, 5.74) is 4.69. The summed E-state index contributed by atoms with van der Waals surface area (Å²) in [6.45, 7) is 15.5. The fraction of sp³-hybridized carbons (Fsp3) is 0.438. The van der Waals surface area contributed by atoms with Crippen molar-refractivity contribution in [2.24, 2.45) is 0 Å². The van der Waals surface area contributed by atoms with Gasteiger partial charge in [-0.05, 0) is 118 Å². The van der Waals surface area contributed by atoms with Crippen LogP contribution >= 0.6 is 23.1 Å². The van der Waals surface area contributed by atoms with Crippen LogP contribution in [0.5, 0.6) is 5.75 Å². The number of halogens is 2. The number of oxazole rings is 1. The first kappa shape index (κ1) is 49.5. The van der Waals surface area contributed by atoms with Crippen molar-refractivity contribution in [1.82, 2.24) is 40.3 Å². The first-order valence-electron chi connectivity index (χ1n) is 23.4. The van der Waals surface area contributed by atoms with Crippen molar-refractivity contribution in [3.05, 3.63) is 90.6 Å². The molecule has 18 nitrogen and oxygen atoms in total. The molecular formula is C48H58BrFN11O7P. The Bertz CT molecular complexity index is 3110. The summed E-state index contributed by atoms with van der Waals surface area (Å²) in [5, 5.41) is 21.9. The number of rotatable bonds is 18. The summed E-state index contributed by atoms with van der Waals surface area (Å²) in [6.07, 6.45) is 6.52. The summed E-state index contributed by atoms with van der Waals surface area (Å²) >= 11 is 3.58. The van der Waals surface area contributed by atoms with Crippen molar-refractivity contribution in [3.8, 4) is 5.75 Å². The molecule has 0 aliphatic carbocycles.